The molecule has 2 aliphatic heterocycles. The molecule has 0 saturated carbocycles. The number of anilines is 2. The molecule has 3 aromatic rings. The van der Waals surface area contributed by atoms with E-state index in [1.165, 1.54) is 6.07 Å². The number of benzene rings is 1. The van der Waals surface area contributed by atoms with E-state index in [1.54, 1.807) is 6.20 Å². The van der Waals surface area contributed by atoms with Gasteiger partial charge >= 0.3 is 0 Å². The molecule has 2 aliphatic rings. The Morgan fingerprint density at radius 3 is 2.84 bits per heavy atom. The summed E-state index contributed by atoms with van der Waals surface area (Å²) >= 11 is 6.25. The number of aliphatic imine (C=N–C) groups is 1. The van der Waals surface area contributed by atoms with E-state index in [0.29, 0.717) is 29.3 Å². The second-order valence-corrected chi connectivity index (χ2v) is 7.80. The lowest BCUT2D eigenvalue weighted by Gasteiger charge is -2.31. The zero-order valence-corrected chi connectivity index (χ0v) is 16.9. The smallest absolute Gasteiger partial charge is 0.150 e. The minimum Gasteiger partial charge on any atom is -0.355 e. The van der Waals surface area contributed by atoms with E-state index in [9.17, 15) is 14.0 Å². The molecule has 7 nitrogen and oxygen atoms in total. The number of hydrogen-bond acceptors (Lipinski definition) is 6. The Hall–Kier alpha value is -3.51. The van der Waals surface area contributed by atoms with E-state index in [-0.39, 0.29) is 28.2 Å². The van der Waals surface area contributed by atoms with Gasteiger partial charge in [0.15, 0.2) is 5.15 Å². The molecule has 1 unspecified atom stereocenters. The summed E-state index contributed by atoms with van der Waals surface area (Å²) in [6.07, 6.45) is 3.34. The molecule has 10 heteroatoms. The van der Waals surface area contributed by atoms with Gasteiger partial charge in [-0.15, -0.1) is 0 Å². The largest absolute Gasteiger partial charge is 0.355 e. The molecule has 4 heterocycles. The van der Waals surface area contributed by atoms with Gasteiger partial charge in [-0.1, -0.05) is 17.7 Å². The van der Waals surface area contributed by atoms with E-state index in [4.69, 9.17) is 11.6 Å². The van der Waals surface area contributed by atoms with Crippen molar-refractivity contribution in [3.05, 3.63) is 52.8 Å². The molecule has 0 amide bonds. The van der Waals surface area contributed by atoms with Crippen molar-refractivity contribution in [2.75, 3.05) is 23.3 Å². The number of amidine groups is 1. The van der Waals surface area contributed by atoms with Gasteiger partial charge in [-0.05, 0) is 31.0 Å². The minimum absolute atomic E-state index is 0.0315. The first-order valence-corrected chi connectivity index (χ1v) is 10.1. The average Bonchev–Trinajstić information content (AvgIpc) is 3.05. The fraction of sp³-hybridized carbons (Fsp3) is 0.238. The van der Waals surface area contributed by atoms with Crippen LogP contribution in [-0.2, 0) is 0 Å². The highest BCUT2D eigenvalue weighted by Gasteiger charge is 2.27. The molecule has 0 aliphatic carbocycles. The van der Waals surface area contributed by atoms with E-state index in [2.05, 4.69) is 36.5 Å². The Balaban J connectivity index is 1.62. The molecule has 0 bridgehead atoms. The number of nitrogens with zero attached hydrogens (tertiary/aromatic N) is 5. The van der Waals surface area contributed by atoms with Crippen molar-refractivity contribution in [1.82, 2.24) is 15.2 Å². The van der Waals surface area contributed by atoms with Gasteiger partial charge in [-0.2, -0.15) is 10.4 Å². The Bertz CT molecular complexity index is 1230. The van der Waals surface area contributed by atoms with Crippen LogP contribution >= 0.6 is 11.6 Å². The summed E-state index contributed by atoms with van der Waals surface area (Å²) in [5.74, 6) is -0.906. The highest BCUT2D eigenvalue weighted by molar-refractivity contribution is 6.33. The highest BCUT2D eigenvalue weighted by atomic mass is 35.5. The first-order chi connectivity index (χ1) is 15.0. The van der Waals surface area contributed by atoms with Crippen LogP contribution in [0.3, 0.4) is 0 Å². The van der Waals surface area contributed by atoms with Crippen LogP contribution in [0.5, 0.6) is 0 Å². The second-order valence-electron chi connectivity index (χ2n) is 7.42. The fourth-order valence-electron chi connectivity index (χ4n) is 3.92. The van der Waals surface area contributed by atoms with Crippen LogP contribution in [-0.4, -0.2) is 34.1 Å². The van der Waals surface area contributed by atoms with Crippen molar-refractivity contribution < 1.29 is 8.78 Å². The molecule has 1 saturated heterocycles. The highest BCUT2D eigenvalue weighted by Crippen LogP contribution is 2.42. The molecular formula is C21H16ClF2N7. The molecule has 2 N–H and O–H groups in total. The van der Waals surface area contributed by atoms with Gasteiger partial charge in [0.1, 0.15) is 34.7 Å². The lowest BCUT2D eigenvalue weighted by atomic mass is 9.99. The number of nitrogens with one attached hydrogen (secondary N) is 2. The maximum atomic E-state index is 14.5. The van der Waals surface area contributed by atoms with E-state index >= 15 is 0 Å². The third-order valence-electron chi connectivity index (χ3n) is 5.45. The summed E-state index contributed by atoms with van der Waals surface area (Å²) in [7, 11) is 0. The van der Waals surface area contributed by atoms with Crippen LogP contribution in [0.2, 0.25) is 5.15 Å². The molecule has 2 aromatic heterocycles. The Kier molecular flexibility index (Phi) is 4.79. The summed E-state index contributed by atoms with van der Waals surface area (Å²) in [5, 5.41) is 19.4. The van der Waals surface area contributed by atoms with Crippen molar-refractivity contribution >= 4 is 34.6 Å². The monoisotopic (exact) mass is 439 g/mol. The summed E-state index contributed by atoms with van der Waals surface area (Å²) in [4.78, 5) is 11.0. The topological polar surface area (TPSA) is 93.0 Å². The molecule has 31 heavy (non-hydrogen) atoms. The summed E-state index contributed by atoms with van der Waals surface area (Å²) < 4.78 is 28.9. The molecule has 156 valence electrons. The number of aromatic nitrogens is 3. The lowest BCUT2D eigenvalue weighted by Crippen LogP contribution is -2.35. The molecule has 1 atom stereocenters. The van der Waals surface area contributed by atoms with Crippen molar-refractivity contribution in [3.8, 4) is 17.3 Å². The summed E-state index contributed by atoms with van der Waals surface area (Å²) in [6.45, 7) is 1.37. The van der Waals surface area contributed by atoms with Gasteiger partial charge in [0.05, 0.1) is 29.4 Å². The zero-order valence-electron chi connectivity index (χ0n) is 16.2. The van der Waals surface area contributed by atoms with Gasteiger partial charge in [0.25, 0.3) is 0 Å². The van der Waals surface area contributed by atoms with Crippen LogP contribution < -0.4 is 10.2 Å². The Labute approximate surface area is 181 Å². The standard InChI is InChI=1S/C21H16ClF2N7/c22-20-19-18(29-30-20)12-7-16(31-6-2-3-11(8-25)10-31)26-9-15(12)27-21(28-19)17-13(23)4-1-5-14(17)24/h1,4-5,7,9,11H,2-3,6,10H2,(H,27,28)(H,29,30). The van der Waals surface area contributed by atoms with E-state index in [1.807, 2.05) is 6.07 Å². The van der Waals surface area contributed by atoms with Crippen molar-refractivity contribution in [1.29, 1.82) is 5.26 Å². The van der Waals surface area contributed by atoms with Crippen LogP contribution in [0.15, 0.2) is 35.5 Å². The van der Waals surface area contributed by atoms with Crippen LogP contribution in [0.25, 0.3) is 11.3 Å². The predicted molar refractivity (Wildman–Crippen MR) is 114 cm³/mol. The number of nitriles is 1. The molecule has 5 rings (SSSR count). The molecule has 0 spiro atoms. The molecule has 1 fully saturated rings. The number of pyridine rings is 1. The SMILES string of the molecule is N#CC1CCCN(c2cc3c(cn2)NC(c2c(F)cccc2F)=Nc2c-3n[nH]c2Cl)C1. The maximum Gasteiger partial charge on any atom is 0.150 e. The van der Waals surface area contributed by atoms with Gasteiger partial charge < -0.3 is 10.2 Å². The van der Waals surface area contributed by atoms with Crippen LogP contribution in [0.1, 0.15) is 18.4 Å². The average molecular weight is 440 g/mol. The first kappa shape index (κ1) is 19.5. The van der Waals surface area contributed by atoms with Crippen molar-refractivity contribution in [2.45, 2.75) is 12.8 Å². The summed E-state index contributed by atoms with van der Waals surface area (Å²) in [5.41, 5.74) is 1.54. The third-order valence-corrected chi connectivity index (χ3v) is 5.71. The number of H-pyrrole nitrogens is 1. The number of halogens is 3. The first-order valence-electron chi connectivity index (χ1n) is 9.74. The number of hydrogen-bond donors (Lipinski definition) is 2. The molecule has 0 radical (unpaired) electrons. The van der Waals surface area contributed by atoms with Crippen LogP contribution in [0.4, 0.5) is 26.0 Å². The van der Waals surface area contributed by atoms with Gasteiger partial charge in [-0.25, -0.2) is 18.8 Å². The van der Waals surface area contributed by atoms with E-state index < -0.39 is 11.6 Å². The van der Waals surface area contributed by atoms with E-state index in [0.717, 1.165) is 31.5 Å². The van der Waals surface area contributed by atoms with Crippen molar-refractivity contribution in [3.63, 3.8) is 0 Å². The van der Waals surface area contributed by atoms with Gasteiger partial charge in [0, 0.05) is 18.7 Å². The van der Waals surface area contributed by atoms with Crippen LogP contribution in [0, 0.1) is 28.9 Å². The normalized spacial score (nSPS) is 17.7. The predicted octanol–water partition coefficient (Wildman–Crippen LogP) is 4.65. The quantitative estimate of drug-likeness (QED) is 0.606. The minimum atomic E-state index is -0.753. The second kappa shape index (κ2) is 7.63. The number of fused-ring (bicyclic) bond motifs is 3. The zero-order chi connectivity index (χ0) is 21.5. The maximum absolute atomic E-state index is 14.5. The Morgan fingerprint density at radius 1 is 1.26 bits per heavy atom. The van der Waals surface area contributed by atoms with Gasteiger partial charge in [0.2, 0.25) is 0 Å². The molecular weight excluding hydrogens is 424 g/mol. The van der Waals surface area contributed by atoms with Crippen molar-refractivity contribution in [2.24, 2.45) is 10.9 Å². The van der Waals surface area contributed by atoms with Gasteiger partial charge in [-0.3, -0.25) is 5.10 Å². The number of rotatable bonds is 2. The Morgan fingerprint density at radius 2 is 2.06 bits per heavy atom. The number of aromatic amines is 1. The number of piperidine rings is 1. The summed E-state index contributed by atoms with van der Waals surface area (Å²) in [6, 6.07) is 7.76. The molecule has 1 aromatic carbocycles. The fourth-order valence-corrected chi connectivity index (χ4v) is 4.09. The third kappa shape index (κ3) is 3.39. The lowest BCUT2D eigenvalue weighted by molar-refractivity contribution is 0.491.